The predicted octanol–water partition coefficient (Wildman–Crippen LogP) is 2.20. The van der Waals surface area contributed by atoms with Gasteiger partial charge in [-0.05, 0) is 42.9 Å². The smallest absolute Gasteiger partial charge is 0.208 e. The van der Waals surface area contributed by atoms with Crippen LogP contribution in [-0.4, -0.2) is 22.9 Å². The van der Waals surface area contributed by atoms with E-state index in [1.807, 2.05) is 0 Å². The lowest BCUT2D eigenvalue weighted by molar-refractivity contribution is 0.372. The van der Waals surface area contributed by atoms with Crippen molar-refractivity contribution in [2.24, 2.45) is 5.41 Å². The first-order chi connectivity index (χ1) is 9.50. The molecule has 1 N–H and O–H groups in total. The third-order valence-electron chi connectivity index (χ3n) is 3.69. The molecule has 8 heteroatoms. The van der Waals surface area contributed by atoms with Crippen LogP contribution >= 0.6 is 0 Å². The Morgan fingerprint density at radius 1 is 1.19 bits per heavy atom. The highest BCUT2D eigenvalue weighted by molar-refractivity contribution is 7.89. The Morgan fingerprint density at radius 2 is 1.81 bits per heavy atom. The maximum atomic E-state index is 13.0. The van der Waals surface area contributed by atoms with Crippen molar-refractivity contribution in [2.75, 3.05) is 0 Å². The molecule has 0 bridgehead atoms. The average molecular weight is 335 g/mol. The molecule has 0 aliphatic heterocycles. The molecule has 5 nitrogen and oxygen atoms in total. The normalized spacial score (nSPS) is 22.3. The molecule has 1 unspecified atom stereocenters. The first-order valence-electron chi connectivity index (χ1n) is 6.57. The van der Waals surface area contributed by atoms with Gasteiger partial charge in [0.1, 0.15) is 0 Å². The van der Waals surface area contributed by atoms with Crippen molar-refractivity contribution in [1.82, 2.24) is 4.72 Å². The summed E-state index contributed by atoms with van der Waals surface area (Å²) in [6.45, 7) is 4.13. The van der Waals surface area contributed by atoms with E-state index in [2.05, 4.69) is 18.6 Å². The molecule has 1 aliphatic rings. The van der Waals surface area contributed by atoms with Gasteiger partial charge in [0.25, 0.3) is 0 Å². The van der Waals surface area contributed by atoms with Crippen LogP contribution in [0.15, 0.2) is 34.1 Å². The second kappa shape index (κ2) is 5.33. The van der Waals surface area contributed by atoms with Crippen LogP contribution in [0, 0.1) is 5.41 Å². The minimum Gasteiger partial charge on any atom is -0.208 e. The molecular weight excluding hydrogens is 317 g/mol. The van der Waals surface area contributed by atoms with Crippen LogP contribution in [0.2, 0.25) is 0 Å². The lowest BCUT2D eigenvalue weighted by Gasteiger charge is -2.18. The first kappa shape index (κ1) is 16.4. The molecule has 1 aromatic carbocycles. The summed E-state index contributed by atoms with van der Waals surface area (Å²) in [4.78, 5) is -0.900. The number of benzene rings is 1. The van der Waals surface area contributed by atoms with Crippen molar-refractivity contribution >= 4 is 20.2 Å². The zero-order chi connectivity index (χ0) is 15.9. The Labute approximate surface area is 124 Å². The zero-order valence-corrected chi connectivity index (χ0v) is 13.5. The van der Waals surface area contributed by atoms with E-state index in [1.165, 1.54) is 12.1 Å². The minimum absolute atomic E-state index is 0.0807. The summed E-state index contributed by atoms with van der Waals surface area (Å²) >= 11 is 0. The summed E-state index contributed by atoms with van der Waals surface area (Å²) in [6, 6.07) is 4.12. The molecule has 1 aliphatic carbocycles. The number of halogens is 1. The fraction of sp³-hybridized carbons (Fsp3) is 0.538. The Hall–Kier alpha value is -0.990. The van der Waals surface area contributed by atoms with Crippen LogP contribution in [0.25, 0.3) is 0 Å². The van der Waals surface area contributed by atoms with Gasteiger partial charge in [-0.25, -0.2) is 13.1 Å². The first-order valence-corrected chi connectivity index (χ1v) is 9.43. The standard InChI is InChI=1S/C13H18FNO4S2/c1-13(2)7-6-10(9-13)15-21(18,19)12-5-3-4-11(8-12)20(14,16)17/h3-5,8,10,15H,6-7,9H2,1-2H3. The molecule has 1 saturated carbocycles. The van der Waals surface area contributed by atoms with Gasteiger partial charge in [-0.2, -0.15) is 8.42 Å². The van der Waals surface area contributed by atoms with Gasteiger partial charge in [-0.3, -0.25) is 0 Å². The quantitative estimate of drug-likeness (QED) is 0.856. The highest BCUT2D eigenvalue weighted by atomic mass is 32.3. The molecule has 1 atom stereocenters. The van der Waals surface area contributed by atoms with Crippen molar-refractivity contribution in [3.05, 3.63) is 24.3 Å². The van der Waals surface area contributed by atoms with E-state index >= 15 is 0 Å². The SMILES string of the molecule is CC1(C)CCC(NS(=O)(=O)c2cccc(S(=O)(=O)F)c2)C1. The minimum atomic E-state index is -4.92. The summed E-state index contributed by atoms with van der Waals surface area (Å²) in [5, 5.41) is 0. The van der Waals surface area contributed by atoms with Crippen molar-refractivity contribution in [3.8, 4) is 0 Å². The van der Waals surface area contributed by atoms with E-state index in [1.54, 1.807) is 0 Å². The molecule has 21 heavy (non-hydrogen) atoms. The van der Waals surface area contributed by atoms with Crippen molar-refractivity contribution in [2.45, 2.75) is 48.9 Å². The van der Waals surface area contributed by atoms with Crippen LogP contribution in [0.4, 0.5) is 3.89 Å². The number of sulfonamides is 1. The second-order valence-corrected chi connectivity index (χ2v) is 9.20. The predicted molar refractivity (Wildman–Crippen MR) is 76.5 cm³/mol. The van der Waals surface area contributed by atoms with E-state index < -0.39 is 25.1 Å². The van der Waals surface area contributed by atoms with Gasteiger partial charge in [0.2, 0.25) is 10.0 Å². The van der Waals surface area contributed by atoms with Crippen molar-refractivity contribution in [3.63, 3.8) is 0 Å². The summed E-state index contributed by atoms with van der Waals surface area (Å²) < 4.78 is 61.7. The molecule has 0 aromatic heterocycles. The fourth-order valence-corrected chi connectivity index (χ4v) is 4.52. The summed E-state index contributed by atoms with van der Waals surface area (Å²) in [5.41, 5.74) is 0.0807. The fourth-order valence-electron chi connectivity index (χ4n) is 2.62. The molecule has 0 radical (unpaired) electrons. The molecule has 1 fully saturated rings. The van der Waals surface area contributed by atoms with Gasteiger partial charge in [-0.1, -0.05) is 19.9 Å². The van der Waals surface area contributed by atoms with E-state index in [0.717, 1.165) is 25.0 Å². The third kappa shape index (κ3) is 4.02. The monoisotopic (exact) mass is 335 g/mol. The number of nitrogens with one attached hydrogen (secondary N) is 1. The summed E-state index contributed by atoms with van der Waals surface area (Å²) in [6.07, 6.45) is 2.36. The van der Waals surface area contributed by atoms with Crippen LogP contribution in [-0.2, 0) is 20.2 Å². The Balaban J connectivity index is 2.25. The van der Waals surface area contributed by atoms with E-state index in [-0.39, 0.29) is 16.4 Å². The summed E-state index contributed by atoms with van der Waals surface area (Å²) in [7, 11) is -8.78. The molecule has 0 amide bonds. The number of rotatable bonds is 4. The Bertz CT molecular complexity index is 741. The highest BCUT2D eigenvalue weighted by Gasteiger charge is 2.33. The van der Waals surface area contributed by atoms with Gasteiger partial charge in [0, 0.05) is 6.04 Å². The van der Waals surface area contributed by atoms with Gasteiger partial charge >= 0.3 is 10.2 Å². The van der Waals surface area contributed by atoms with Crippen LogP contribution in [0.3, 0.4) is 0 Å². The number of hydrogen-bond donors (Lipinski definition) is 1. The van der Waals surface area contributed by atoms with E-state index in [9.17, 15) is 20.7 Å². The molecule has 1 aromatic rings. The van der Waals surface area contributed by atoms with E-state index in [0.29, 0.717) is 6.42 Å². The molecular formula is C13H18FNO4S2. The highest BCUT2D eigenvalue weighted by Crippen LogP contribution is 2.37. The van der Waals surface area contributed by atoms with Gasteiger partial charge in [-0.15, -0.1) is 3.89 Å². The molecule has 118 valence electrons. The molecule has 0 saturated heterocycles. The topological polar surface area (TPSA) is 80.3 Å². The van der Waals surface area contributed by atoms with Gasteiger partial charge in [0.15, 0.2) is 0 Å². The van der Waals surface area contributed by atoms with Gasteiger partial charge in [0.05, 0.1) is 9.79 Å². The molecule has 0 heterocycles. The zero-order valence-electron chi connectivity index (χ0n) is 11.8. The van der Waals surface area contributed by atoms with Crippen LogP contribution < -0.4 is 4.72 Å². The van der Waals surface area contributed by atoms with Crippen LogP contribution in [0.5, 0.6) is 0 Å². The Morgan fingerprint density at radius 3 is 2.33 bits per heavy atom. The molecule has 2 rings (SSSR count). The Kier molecular flexibility index (Phi) is 4.16. The van der Waals surface area contributed by atoms with Gasteiger partial charge < -0.3 is 0 Å². The number of hydrogen-bond acceptors (Lipinski definition) is 4. The maximum Gasteiger partial charge on any atom is 0.332 e. The average Bonchev–Trinajstić information content (AvgIpc) is 2.67. The lowest BCUT2D eigenvalue weighted by atomic mass is 9.92. The lowest BCUT2D eigenvalue weighted by Crippen LogP contribution is -2.33. The third-order valence-corrected chi connectivity index (χ3v) is 6.02. The van der Waals surface area contributed by atoms with E-state index in [4.69, 9.17) is 0 Å². The van der Waals surface area contributed by atoms with Crippen LogP contribution in [0.1, 0.15) is 33.1 Å². The van der Waals surface area contributed by atoms with Crippen molar-refractivity contribution < 1.29 is 20.7 Å². The largest absolute Gasteiger partial charge is 0.332 e. The summed E-state index contributed by atoms with van der Waals surface area (Å²) in [5.74, 6) is 0. The second-order valence-electron chi connectivity index (χ2n) is 6.14. The molecule has 0 spiro atoms. The maximum absolute atomic E-state index is 13.0. The van der Waals surface area contributed by atoms with Crippen molar-refractivity contribution in [1.29, 1.82) is 0 Å².